The van der Waals surface area contributed by atoms with Crippen molar-refractivity contribution < 1.29 is 14.4 Å². The van der Waals surface area contributed by atoms with Gasteiger partial charge in [0.15, 0.2) is 0 Å². The highest BCUT2D eigenvalue weighted by molar-refractivity contribution is 6.11. The Morgan fingerprint density at radius 2 is 1.55 bits per heavy atom. The van der Waals surface area contributed by atoms with E-state index in [1.54, 1.807) is 24.3 Å². The Labute approximate surface area is 179 Å². The minimum Gasteiger partial charge on any atom is -0.369 e. The van der Waals surface area contributed by atoms with Crippen LogP contribution in [0.25, 0.3) is 0 Å². The number of guanidine groups is 2. The van der Waals surface area contributed by atoms with Crippen molar-refractivity contribution in [3.63, 3.8) is 0 Å². The maximum atomic E-state index is 12.3. The number of hydrogen-bond acceptors (Lipinski definition) is 5. The van der Waals surface area contributed by atoms with E-state index >= 15 is 0 Å². The summed E-state index contributed by atoms with van der Waals surface area (Å²) >= 11 is 0. The predicted octanol–water partition coefficient (Wildman–Crippen LogP) is 1.56. The van der Waals surface area contributed by atoms with E-state index in [0.717, 1.165) is 11.3 Å². The number of nitrogens with one attached hydrogen (secondary N) is 4. The lowest BCUT2D eigenvalue weighted by molar-refractivity contribution is -0.123. The van der Waals surface area contributed by atoms with Crippen LogP contribution in [0, 0.1) is 6.92 Å². The standard InChI is InChI=1S/C21H23N7O3/c1-12-3-5-16(6-4-12)25-20(22)28-21-26-17(19(31)27-21)11-18(30)24-15-9-7-14(8-10-15)23-13(2)29/h3-10,17H,11H2,1-2H3,(H,23,29)(H,24,30)(H4,22,25,26,27,28,31)/t17-/m0/s1. The smallest absolute Gasteiger partial charge is 0.252 e. The topological polar surface area (TPSA) is 150 Å². The van der Waals surface area contributed by atoms with Crippen LogP contribution in [0.4, 0.5) is 17.1 Å². The van der Waals surface area contributed by atoms with E-state index in [9.17, 15) is 14.4 Å². The van der Waals surface area contributed by atoms with Crippen molar-refractivity contribution in [3.8, 4) is 0 Å². The van der Waals surface area contributed by atoms with E-state index in [0.29, 0.717) is 11.4 Å². The molecule has 0 spiro atoms. The number of rotatable bonds is 5. The highest BCUT2D eigenvalue weighted by Crippen LogP contribution is 2.15. The van der Waals surface area contributed by atoms with E-state index < -0.39 is 11.9 Å². The molecule has 1 heterocycles. The molecule has 31 heavy (non-hydrogen) atoms. The van der Waals surface area contributed by atoms with Crippen molar-refractivity contribution in [3.05, 3.63) is 54.1 Å². The predicted molar refractivity (Wildman–Crippen MR) is 120 cm³/mol. The van der Waals surface area contributed by atoms with Gasteiger partial charge in [-0.25, -0.2) is 4.99 Å². The van der Waals surface area contributed by atoms with Gasteiger partial charge in [-0.3, -0.25) is 19.7 Å². The summed E-state index contributed by atoms with van der Waals surface area (Å²) in [5.41, 5.74) is 8.87. The molecule has 0 fully saturated rings. The van der Waals surface area contributed by atoms with Gasteiger partial charge in [-0.05, 0) is 43.3 Å². The number of benzene rings is 2. The van der Waals surface area contributed by atoms with Crippen LogP contribution in [0.2, 0.25) is 0 Å². The molecule has 0 radical (unpaired) electrons. The maximum Gasteiger partial charge on any atom is 0.252 e. The third-order valence-electron chi connectivity index (χ3n) is 4.23. The zero-order valence-electron chi connectivity index (χ0n) is 17.1. The number of hydrogen-bond donors (Lipinski definition) is 5. The van der Waals surface area contributed by atoms with Crippen LogP contribution in [0.15, 0.2) is 58.5 Å². The van der Waals surface area contributed by atoms with Crippen LogP contribution in [-0.4, -0.2) is 35.7 Å². The van der Waals surface area contributed by atoms with Gasteiger partial charge in [0.2, 0.25) is 23.7 Å². The van der Waals surface area contributed by atoms with Gasteiger partial charge in [-0.2, -0.15) is 4.99 Å². The summed E-state index contributed by atoms with van der Waals surface area (Å²) in [7, 11) is 0. The number of carbonyl (C=O) groups is 3. The van der Waals surface area contributed by atoms with E-state index in [1.165, 1.54) is 6.92 Å². The molecule has 0 aromatic heterocycles. The fraction of sp³-hybridized carbons (Fsp3) is 0.190. The molecule has 0 saturated heterocycles. The summed E-state index contributed by atoms with van der Waals surface area (Å²) in [6.45, 7) is 3.38. The SMILES string of the molecule is CC(=O)Nc1ccc(NC(=O)C[C@@H]2N=C(N=C(N)Nc3ccc(C)cc3)NC2=O)cc1. The zero-order valence-corrected chi connectivity index (χ0v) is 17.1. The Morgan fingerprint density at radius 3 is 2.16 bits per heavy atom. The minimum atomic E-state index is -0.899. The summed E-state index contributed by atoms with van der Waals surface area (Å²) in [4.78, 5) is 43.6. The first-order chi connectivity index (χ1) is 14.8. The van der Waals surface area contributed by atoms with Gasteiger partial charge < -0.3 is 21.7 Å². The summed E-state index contributed by atoms with van der Waals surface area (Å²) in [6, 6.07) is 13.3. The van der Waals surface area contributed by atoms with Gasteiger partial charge in [0.1, 0.15) is 6.04 Å². The van der Waals surface area contributed by atoms with Crippen molar-refractivity contribution in [2.75, 3.05) is 16.0 Å². The Bertz CT molecular complexity index is 1040. The Morgan fingerprint density at radius 1 is 1.00 bits per heavy atom. The Kier molecular flexibility index (Phi) is 6.61. The van der Waals surface area contributed by atoms with Crippen LogP contribution in [0.1, 0.15) is 18.9 Å². The fourth-order valence-electron chi connectivity index (χ4n) is 2.78. The molecule has 3 amide bonds. The van der Waals surface area contributed by atoms with Crippen LogP contribution < -0.4 is 27.0 Å². The number of anilines is 3. The summed E-state index contributed by atoms with van der Waals surface area (Å²) in [5, 5.41) is 10.7. The second kappa shape index (κ2) is 9.53. The van der Waals surface area contributed by atoms with Gasteiger partial charge in [-0.15, -0.1) is 0 Å². The first-order valence-corrected chi connectivity index (χ1v) is 9.52. The van der Waals surface area contributed by atoms with Gasteiger partial charge in [0.25, 0.3) is 5.91 Å². The molecule has 0 unspecified atom stereocenters. The summed E-state index contributed by atoms with van der Waals surface area (Å²) < 4.78 is 0. The second-order valence-electron chi connectivity index (χ2n) is 6.96. The lowest BCUT2D eigenvalue weighted by Gasteiger charge is -2.08. The lowest BCUT2D eigenvalue weighted by Crippen LogP contribution is -2.32. The lowest BCUT2D eigenvalue weighted by atomic mass is 10.2. The molecule has 160 valence electrons. The average Bonchev–Trinajstić information content (AvgIpc) is 3.03. The van der Waals surface area contributed by atoms with Gasteiger partial charge in [0.05, 0.1) is 6.42 Å². The number of nitrogens with two attached hydrogens (primary N) is 1. The van der Waals surface area contributed by atoms with Crippen LogP contribution >= 0.6 is 0 Å². The highest BCUT2D eigenvalue weighted by Gasteiger charge is 2.28. The Hall–Kier alpha value is -4.21. The second-order valence-corrected chi connectivity index (χ2v) is 6.96. The average molecular weight is 421 g/mol. The fourth-order valence-corrected chi connectivity index (χ4v) is 2.78. The summed E-state index contributed by atoms with van der Waals surface area (Å²) in [6.07, 6.45) is -0.149. The highest BCUT2D eigenvalue weighted by atomic mass is 16.2. The molecule has 1 atom stereocenters. The van der Waals surface area contributed by atoms with E-state index in [4.69, 9.17) is 5.73 Å². The minimum absolute atomic E-state index is 0.0413. The molecule has 1 aliphatic rings. The molecule has 0 bridgehead atoms. The van der Waals surface area contributed by atoms with Crippen molar-refractivity contribution in [1.29, 1.82) is 0 Å². The molecular weight excluding hydrogens is 398 g/mol. The number of carbonyl (C=O) groups excluding carboxylic acids is 3. The number of amides is 3. The molecule has 2 aromatic carbocycles. The molecule has 1 aliphatic heterocycles. The van der Waals surface area contributed by atoms with Crippen molar-refractivity contribution in [2.24, 2.45) is 15.7 Å². The van der Waals surface area contributed by atoms with Gasteiger partial charge >= 0.3 is 0 Å². The molecule has 6 N–H and O–H groups in total. The molecule has 10 heteroatoms. The molecule has 2 aromatic rings. The number of aliphatic imine (C=N–C) groups is 2. The third kappa shape index (κ3) is 6.39. The van der Waals surface area contributed by atoms with Crippen LogP contribution in [-0.2, 0) is 14.4 Å². The van der Waals surface area contributed by atoms with E-state index in [2.05, 4.69) is 31.3 Å². The maximum absolute atomic E-state index is 12.3. The van der Waals surface area contributed by atoms with E-state index in [1.807, 2.05) is 31.2 Å². The quantitative estimate of drug-likeness (QED) is 0.367. The molecule has 0 saturated carbocycles. The first kappa shape index (κ1) is 21.5. The molecule has 0 aliphatic carbocycles. The molecule has 10 nitrogen and oxygen atoms in total. The van der Waals surface area contributed by atoms with Crippen molar-refractivity contribution in [1.82, 2.24) is 5.32 Å². The van der Waals surface area contributed by atoms with E-state index in [-0.39, 0.29) is 30.2 Å². The molecule has 3 rings (SSSR count). The van der Waals surface area contributed by atoms with Crippen LogP contribution in [0.3, 0.4) is 0 Å². The largest absolute Gasteiger partial charge is 0.369 e. The number of aryl methyl sites for hydroxylation is 1. The van der Waals surface area contributed by atoms with Gasteiger partial charge in [-0.1, -0.05) is 17.7 Å². The number of nitrogens with zero attached hydrogens (tertiary/aromatic N) is 2. The third-order valence-corrected chi connectivity index (χ3v) is 4.23. The normalized spacial score (nSPS) is 15.7. The monoisotopic (exact) mass is 421 g/mol. The van der Waals surface area contributed by atoms with Crippen molar-refractivity contribution in [2.45, 2.75) is 26.3 Å². The Balaban J connectivity index is 1.56. The van der Waals surface area contributed by atoms with Crippen LogP contribution in [0.5, 0.6) is 0 Å². The van der Waals surface area contributed by atoms with Gasteiger partial charge in [0, 0.05) is 24.0 Å². The molecular formula is C21H23N7O3. The van der Waals surface area contributed by atoms with Crippen molar-refractivity contribution >= 4 is 46.7 Å². The zero-order chi connectivity index (χ0) is 22.4. The first-order valence-electron chi connectivity index (χ1n) is 9.52. The summed E-state index contributed by atoms with van der Waals surface area (Å²) in [5.74, 6) is -0.896.